The Balaban J connectivity index is 2.13. The van der Waals surface area contributed by atoms with Crippen molar-refractivity contribution in [3.05, 3.63) is 23.8 Å². The Kier molecular flexibility index (Phi) is 4.30. The van der Waals surface area contributed by atoms with Crippen LogP contribution in [0.1, 0.15) is 38.7 Å². The number of ether oxygens (including phenoxy) is 1. The van der Waals surface area contributed by atoms with Crippen molar-refractivity contribution in [2.75, 3.05) is 7.11 Å². The van der Waals surface area contributed by atoms with Gasteiger partial charge < -0.3 is 9.84 Å². The predicted octanol–water partition coefficient (Wildman–Crippen LogP) is 3.00. The van der Waals surface area contributed by atoms with E-state index in [9.17, 15) is 5.11 Å². The molecule has 1 heterocycles. The van der Waals surface area contributed by atoms with Gasteiger partial charge in [0.1, 0.15) is 0 Å². The van der Waals surface area contributed by atoms with Gasteiger partial charge in [0.15, 0.2) is 11.5 Å². The van der Waals surface area contributed by atoms with Crippen molar-refractivity contribution in [1.82, 2.24) is 5.01 Å². The smallest absolute Gasteiger partial charge is 0.161 e. The molecule has 1 aromatic rings. The second-order valence-corrected chi connectivity index (χ2v) is 5.18. The van der Waals surface area contributed by atoms with Crippen LogP contribution >= 0.6 is 0 Å². The summed E-state index contributed by atoms with van der Waals surface area (Å²) in [5.41, 5.74) is 0.930. The van der Waals surface area contributed by atoms with Gasteiger partial charge in [-0.15, -0.1) is 0 Å². The third-order valence-electron chi connectivity index (χ3n) is 3.69. The monoisotopic (exact) mass is 262 g/mol. The average Bonchev–Trinajstić information content (AvgIpc) is 2.40. The minimum atomic E-state index is 0.152. The number of hydrazone groups is 1. The number of rotatable bonds is 3. The van der Waals surface area contributed by atoms with E-state index in [1.165, 1.54) is 19.3 Å². The minimum absolute atomic E-state index is 0.152. The zero-order chi connectivity index (χ0) is 13.8. The molecule has 0 radical (unpaired) electrons. The molecule has 19 heavy (non-hydrogen) atoms. The summed E-state index contributed by atoms with van der Waals surface area (Å²) in [5, 5.41) is 16.3. The zero-order valence-electron chi connectivity index (χ0n) is 11.8. The summed E-state index contributed by atoms with van der Waals surface area (Å²) < 4.78 is 5.09. The molecular weight excluding hydrogens is 240 g/mol. The van der Waals surface area contributed by atoms with E-state index in [1.54, 1.807) is 19.2 Å². The lowest BCUT2D eigenvalue weighted by Gasteiger charge is -2.36. The Morgan fingerprint density at radius 2 is 2.00 bits per heavy atom. The van der Waals surface area contributed by atoms with E-state index in [1.807, 2.05) is 12.3 Å². The van der Waals surface area contributed by atoms with Crippen molar-refractivity contribution in [3.8, 4) is 11.5 Å². The summed E-state index contributed by atoms with van der Waals surface area (Å²) in [7, 11) is 1.55. The highest BCUT2D eigenvalue weighted by atomic mass is 16.5. The average molecular weight is 262 g/mol. The van der Waals surface area contributed by atoms with E-state index in [0.29, 0.717) is 17.8 Å². The van der Waals surface area contributed by atoms with E-state index in [0.717, 1.165) is 5.56 Å². The fraction of sp³-hybridized carbons (Fsp3) is 0.533. The number of benzene rings is 1. The number of piperidine rings is 1. The molecule has 4 heteroatoms. The van der Waals surface area contributed by atoms with Gasteiger partial charge >= 0.3 is 0 Å². The van der Waals surface area contributed by atoms with Gasteiger partial charge in [0.25, 0.3) is 0 Å². The second kappa shape index (κ2) is 5.95. The van der Waals surface area contributed by atoms with Crippen LogP contribution in [0, 0.1) is 0 Å². The molecule has 1 saturated heterocycles. The van der Waals surface area contributed by atoms with Gasteiger partial charge in [0, 0.05) is 12.1 Å². The SMILES string of the molecule is COc1cc(/C=N/N2[C@H](C)CCC[C@@H]2C)ccc1O. The van der Waals surface area contributed by atoms with Crippen LogP contribution in [0.4, 0.5) is 0 Å². The Hall–Kier alpha value is -1.71. The van der Waals surface area contributed by atoms with Crippen molar-refractivity contribution in [1.29, 1.82) is 0 Å². The number of methoxy groups -OCH3 is 1. The molecule has 1 aliphatic heterocycles. The normalized spacial score (nSPS) is 23.8. The number of phenols is 1. The largest absolute Gasteiger partial charge is 0.504 e. The molecule has 0 aliphatic carbocycles. The van der Waals surface area contributed by atoms with Gasteiger partial charge in [-0.3, -0.25) is 5.01 Å². The fourth-order valence-corrected chi connectivity index (χ4v) is 2.54. The van der Waals surface area contributed by atoms with Crippen molar-refractivity contribution in [2.45, 2.75) is 45.2 Å². The second-order valence-electron chi connectivity index (χ2n) is 5.18. The molecule has 1 aromatic carbocycles. The first-order chi connectivity index (χ1) is 9.11. The summed E-state index contributed by atoms with van der Waals surface area (Å²) in [6.07, 6.45) is 5.50. The molecule has 1 aliphatic rings. The topological polar surface area (TPSA) is 45.1 Å². The molecule has 0 spiro atoms. The number of hydrogen-bond donors (Lipinski definition) is 1. The van der Waals surface area contributed by atoms with E-state index in [4.69, 9.17) is 4.74 Å². The molecular formula is C15H22N2O2. The Bertz CT molecular complexity index is 449. The van der Waals surface area contributed by atoms with E-state index >= 15 is 0 Å². The number of aromatic hydroxyl groups is 1. The van der Waals surface area contributed by atoms with Gasteiger partial charge in [-0.2, -0.15) is 5.10 Å². The molecule has 104 valence electrons. The molecule has 1 fully saturated rings. The van der Waals surface area contributed by atoms with Crippen LogP contribution in [0.15, 0.2) is 23.3 Å². The van der Waals surface area contributed by atoms with E-state index in [2.05, 4.69) is 24.0 Å². The van der Waals surface area contributed by atoms with Crippen molar-refractivity contribution >= 4 is 6.21 Å². The first-order valence-electron chi connectivity index (χ1n) is 6.81. The summed E-state index contributed by atoms with van der Waals surface area (Å²) in [6, 6.07) is 6.22. The summed E-state index contributed by atoms with van der Waals surface area (Å²) in [6.45, 7) is 4.43. The summed E-state index contributed by atoms with van der Waals surface area (Å²) >= 11 is 0. The van der Waals surface area contributed by atoms with Crippen molar-refractivity contribution < 1.29 is 9.84 Å². The quantitative estimate of drug-likeness (QED) is 0.852. The first-order valence-corrected chi connectivity index (χ1v) is 6.81. The zero-order valence-corrected chi connectivity index (χ0v) is 11.8. The molecule has 2 atom stereocenters. The van der Waals surface area contributed by atoms with Crippen LogP contribution in [0.25, 0.3) is 0 Å². The molecule has 0 saturated carbocycles. The first kappa shape index (κ1) is 13.7. The highest BCUT2D eigenvalue weighted by Gasteiger charge is 2.22. The Morgan fingerprint density at radius 3 is 2.63 bits per heavy atom. The van der Waals surface area contributed by atoms with Crippen molar-refractivity contribution in [2.24, 2.45) is 5.10 Å². The molecule has 4 nitrogen and oxygen atoms in total. The van der Waals surface area contributed by atoms with Crippen LogP contribution in [0.2, 0.25) is 0 Å². The number of phenolic OH excluding ortho intramolecular Hbond substituents is 1. The van der Waals surface area contributed by atoms with Crippen LogP contribution in [0.3, 0.4) is 0 Å². The van der Waals surface area contributed by atoms with Gasteiger partial charge in [-0.05, 0) is 56.9 Å². The highest BCUT2D eigenvalue weighted by Crippen LogP contribution is 2.26. The van der Waals surface area contributed by atoms with Gasteiger partial charge in [-0.1, -0.05) is 0 Å². The third-order valence-corrected chi connectivity index (χ3v) is 3.69. The highest BCUT2D eigenvalue weighted by molar-refractivity contribution is 5.80. The molecule has 0 amide bonds. The van der Waals surface area contributed by atoms with Crippen molar-refractivity contribution in [3.63, 3.8) is 0 Å². The van der Waals surface area contributed by atoms with E-state index in [-0.39, 0.29) is 5.75 Å². The standard InChI is InChI=1S/C15H22N2O2/c1-11-5-4-6-12(2)17(11)16-10-13-7-8-14(18)15(9-13)19-3/h7-12,18H,4-6H2,1-3H3/b16-10+/t11-,12+. The van der Waals surface area contributed by atoms with E-state index < -0.39 is 0 Å². The van der Waals surface area contributed by atoms with Gasteiger partial charge in [0.05, 0.1) is 13.3 Å². The number of hydrogen-bond acceptors (Lipinski definition) is 4. The maximum atomic E-state index is 9.56. The number of nitrogens with zero attached hydrogens (tertiary/aromatic N) is 2. The van der Waals surface area contributed by atoms with Gasteiger partial charge in [0.2, 0.25) is 0 Å². The molecule has 1 N–H and O–H groups in total. The summed E-state index contributed by atoms with van der Waals surface area (Å²) in [5.74, 6) is 0.628. The van der Waals surface area contributed by atoms with Gasteiger partial charge in [-0.25, -0.2) is 0 Å². The maximum absolute atomic E-state index is 9.56. The molecule has 0 aromatic heterocycles. The lowest BCUT2D eigenvalue weighted by molar-refractivity contribution is 0.109. The Labute approximate surface area is 114 Å². The fourth-order valence-electron chi connectivity index (χ4n) is 2.54. The molecule has 0 unspecified atom stereocenters. The molecule has 0 bridgehead atoms. The molecule has 2 rings (SSSR count). The minimum Gasteiger partial charge on any atom is -0.504 e. The van der Waals surface area contributed by atoms with Crippen LogP contribution in [-0.2, 0) is 0 Å². The predicted molar refractivity (Wildman–Crippen MR) is 76.9 cm³/mol. The lowest BCUT2D eigenvalue weighted by atomic mass is 10.00. The Morgan fingerprint density at radius 1 is 1.32 bits per heavy atom. The van der Waals surface area contributed by atoms with Crippen LogP contribution in [0.5, 0.6) is 11.5 Å². The maximum Gasteiger partial charge on any atom is 0.161 e. The third kappa shape index (κ3) is 3.19. The van der Waals surface area contributed by atoms with Crippen LogP contribution < -0.4 is 4.74 Å². The summed E-state index contributed by atoms with van der Waals surface area (Å²) in [4.78, 5) is 0. The van der Waals surface area contributed by atoms with Crippen LogP contribution in [-0.4, -0.2) is 35.5 Å². The lowest BCUT2D eigenvalue weighted by Crippen LogP contribution is -2.39.